The number of benzene rings is 2. The van der Waals surface area contributed by atoms with Gasteiger partial charge in [-0.15, -0.1) is 0 Å². The quantitative estimate of drug-likeness (QED) is 0.589. The second-order valence-electron chi connectivity index (χ2n) is 5.96. The van der Waals surface area contributed by atoms with Crippen LogP contribution in [0.3, 0.4) is 0 Å². The predicted octanol–water partition coefficient (Wildman–Crippen LogP) is 2.58. The fourth-order valence-corrected chi connectivity index (χ4v) is 2.47. The van der Waals surface area contributed by atoms with Crippen LogP contribution in [0.5, 0.6) is 0 Å². The molecule has 0 atom stereocenters. The van der Waals surface area contributed by atoms with Crippen LogP contribution in [-0.2, 0) is 11.3 Å². The molecule has 0 spiro atoms. The molecule has 0 aliphatic heterocycles. The Balaban J connectivity index is 1.49. The number of carbonyl (C=O) groups excluding carboxylic acids is 3. The van der Waals surface area contributed by atoms with Crippen molar-refractivity contribution in [3.63, 3.8) is 0 Å². The molecule has 0 saturated heterocycles. The van der Waals surface area contributed by atoms with Crippen molar-refractivity contribution in [2.24, 2.45) is 0 Å². The Morgan fingerprint density at radius 1 is 0.821 bits per heavy atom. The molecule has 1 heterocycles. The number of anilines is 1. The minimum Gasteiger partial charge on any atom is -0.459 e. The lowest BCUT2D eigenvalue weighted by molar-refractivity contribution is -0.120. The summed E-state index contributed by atoms with van der Waals surface area (Å²) in [5, 5.41) is 7.98. The van der Waals surface area contributed by atoms with Gasteiger partial charge in [-0.1, -0.05) is 30.3 Å². The summed E-state index contributed by atoms with van der Waals surface area (Å²) in [6.07, 6.45) is 1.38. The SMILES string of the molecule is O=C(CNC(=O)c1ccco1)NCc1cccc(C(=O)Nc2ccccc2)c1. The topological polar surface area (TPSA) is 100 Å². The first-order valence-corrected chi connectivity index (χ1v) is 8.65. The number of amides is 3. The Labute approximate surface area is 161 Å². The van der Waals surface area contributed by atoms with Gasteiger partial charge in [0.25, 0.3) is 11.8 Å². The van der Waals surface area contributed by atoms with E-state index in [1.807, 2.05) is 18.2 Å². The number of furan rings is 1. The van der Waals surface area contributed by atoms with E-state index in [1.165, 1.54) is 12.3 Å². The van der Waals surface area contributed by atoms with Crippen molar-refractivity contribution in [3.8, 4) is 0 Å². The lowest BCUT2D eigenvalue weighted by atomic mass is 10.1. The molecular formula is C21H19N3O4. The Bertz CT molecular complexity index is 953. The maximum Gasteiger partial charge on any atom is 0.287 e. The highest BCUT2D eigenvalue weighted by Crippen LogP contribution is 2.10. The Hall–Kier alpha value is -3.87. The fraction of sp³-hybridized carbons (Fsp3) is 0.0952. The van der Waals surface area contributed by atoms with E-state index in [2.05, 4.69) is 16.0 Å². The Morgan fingerprint density at radius 3 is 2.39 bits per heavy atom. The van der Waals surface area contributed by atoms with Crippen LogP contribution in [0.25, 0.3) is 0 Å². The fourth-order valence-electron chi connectivity index (χ4n) is 2.47. The van der Waals surface area contributed by atoms with Crippen LogP contribution in [-0.4, -0.2) is 24.3 Å². The van der Waals surface area contributed by atoms with Crippen molar-refractivity contribution < 1.29 is 18.8 Å². The molecule has 142 valence electrons. The zero-order valence-electron chi connectivity index (χ0n) is 15.0. The first-order chi connectivity index (χ1) is 13.6. The van der Waals surface area contributed by atoms with Crippen LogP contribution < -0.4 is 16.0 Å². The Morgan fingerprint density at radius 2 is 1.64 bits per heavy atom. The van der Waals surface area contributed by atoms with Gasteiger partial charge in [0.15, 0.2) is 5.76 Å². The van der Waals surface area contributed by atoms with E-state index in [-0.39, 0.29) is 30.7 Å². The average Bonchev–Trinajstić information content (AvgIpc) is 3.26. The molecule has 0 aliphatic rings. The first-order valence-electron chi connectivity index (χ1n) is 8.65. The third-order valence-corrected chi connectivity index (χ3v) is 3.86. The molecule has 28 heavy (non-hydrogen) atoms. The molecule has 0 saturated carbocycles. The van der Waals surface area contributed by atoms with Crippen LogP contribution in [0, 0.1) is 0 Å². The zero-order valence-corrected chi connectivity index (χ0v) is 15.0. The largest absolute Gasteiger partial charge is 0.459 e. The molecule has 3 rings (SSSR count). The molecule has 0 unspecified atom stereocenters. The summed E-state index contributed by atoms with van der Waals surface area (Å²) in [6.45, 7) is 0.0651. The number of hydrogen-bond acceptors (Lipinski definition) is 4. The van der Waals surface area contributed by atoms with E-state index < -0.39 is 5.91 Å². The van der Waals surface area contributed by atoms with Crippen molar-refractivity contribution in [1.82, 2.24) is 10.6 Å². The zero-order chi connectivity index (χ0) is 19.8. The summed E-state index contributed by atoms with van der Waals surface area (Å²) >= 11 is 0. The molecule has 0 fully saturated rings. The molecule has 7 nitrogen and oxygen atoms in total. The van der Waals surface area contributed by atoms with Crippen LogP contribution in [0.4, 0.5) is 5.69 Å². The summed E-state index contributed by atoms with van der Waals surface area (Å²) in [4.78, 5) is 36.0. The van der Waals surface area contributed by atoms with Gasteiger partial charge in [-0.25, -0.2) is 0 Å². The summed E-state index contributed by atoms with van der Waals surface area (Å²) < 4.78 is 4.95. The number of para-hydroxylation sites is 1. The monoisotopic (exact) mass is 377 g/mol. The molecule has 3 N–H and O–H groups in total. The Kier molecular flexibility index (Phi) is 6.20. The normalized spacial score (nSPS) is 10.1. The highest BCUT2D eigenvalue weighted by atomic mass is 16.3. The standard InChI is InChI=1S/C21H19N3O4/c25-19(14-23-21(27)18-10-5-11-28-18)22-13-15-6-4-7-16(12-15)20(26)24-17-8-2-1-3-9-17/h1-12H,13-14H2,(H,22,25)(H,23,27)(H,24,26). The number of rotatable bonds is 7. The van der Waals surface area contributed by atoms with E-state index in [4.69, 9.17) is 4.42 Å². The van der Waals surface area contributed by atoms with Crippen LogP contribution >= 0.6 is 0 Å². The lowest BCUT2D eigenvalue weighted by Gasteiger charge is -2.09. The maximum atomic E-state index is 12.3. The van der Waals surface area contributed by atoms with Gasteiger partial charge in [-0.2, -0.15) is 0 Å². The second kappa shape index (κ2) is 9.18. The minimum absolute atomic E-state index is 0.143. The van der Waals surface area contributed by atoms with Gasteiger partial charge in [0.05, 0.1) is 12.8 Å². The summed E-state index contributed by atoms with van der Waals surface area (Å²) in [7, 11) is 0. The predicted molar refractivity (Wildman–Crippen MR) is 104 cm³/mol. The van der Waals surface area contributed by atoms with Crippen molar-refractivity contribution in [2.75, 3.05) is 11.9 Å². The molecule has 1 aromatic heterocycles. The molecule has 3 aromatic rings. The van der Waals surface area contributed by atoms with Crippen molar-refractivity contribution in [1.29, 1.82) is 0 Å². The van der Waals surface area contributed by atoms with Crippen LogP contribution in [0.15, 0.2) is 77.4 Å². The minimum atomic E-state index is -0.459. The first kappa shape index (κ1) is 18.9. The van der Waals surface area contributed by atoms with E-state index in [0.717, 1.165) is 5.56 Å². The van der Waals surface area contributed by atoms with Gasteiger partial charge in [-0.05, 0) is 42.0 Å². The third-order valence-electron chi connectivity index (χ3n) is 3.86. The van der Waals surface area contributed by atoms with Gasteiger partial charge in [0, 0.05) is 17.8 Å². The van der Waals surface area contributed by atoms with Crippen molar-refractivity contribution in [3.05, 3.63) is 89.9 Å². The molecule has 0 bridgehead atoms. The molecule has 3 amide bonds. The maximum absolute atomic E-state index is 12.3. The molecule has 2 aromatic carbocycles. The van der Waals surface area contributed by atoms with E-state index >= 15 is 0 Å². The van der Waals surface area contributed by atoms with Crippen molar-refractivity contribution in [2.45, 2.75) is 6.54 Å². The van der Waals surface area contributed by atoms with Gasteiger partial charge < -0.3 is 20.4 Å². The van der Waals surface area contributed by atoms with Gasteiger partial charge >= 0.3 is 0 Å². The van der Waals surface area contributed by atoms with E-state index in [1.54, 1.807) is 42.5 Å². The highest BCUT2D eigenvalue weighted by molar-refractivity contribution is 6.04. The average molecular weight is 377 g/mol. The third kappa shape index (κ3) is 5.31. The van der Waals surface area contributed by atoms with E-state index in [0.29, 0.717) is 11.3 Å². The van der Waals surface area contributed by atoms with Gasteiger partial charge in [0.2, 0.25) is 5.91 Å². The number of hydrogen-bond donors (Lipinski definition) is 3. The molecule has 0 radical (unpaired) electrons. The van der Waals surface area contributed by atoms with Crippen LogP contribution in [0.2, 0.25) is 0 Å². The van der Waals surface area contributed by atoms with E-state index in [9.17, 15) is 14.4 Å². The number of nitrogens with one attached hydrogen (secondary N) is 3. The summed E-state index contributed by atoms with van der Waals surface area (Å²) in [5.74, 6) is -0.895. The summed E-state index contributed by atoms with van der Waals surface area (Å²) in [5.41, 5.74) is 1.96. The highest BCUT2D eigenvalue weighted by Gasteiger charge is 2.11. The van der Waals surface area contributed by atoms with Crippen LogP contribution in [0.1, 0.15) is 26.5 Å². The lowest BCUT2D eigenvalue weighted by Crippen LogP contribution is -2.36. The molecule has 0 aliphatic carbocycles. The van der Waals surface area contributed by atoms with Crippen molar-refractivity contribution >= 4 is 23.4 Å². The smallest absolute Gasteiger partial charge is 0.287 e. The number of carbonyl (C=O) groups is 3. The summed E-state index contributed by atoms with van der Waals surface area (Å²) in [6, 6.07) is 19.2. The molecular weight excluding hydrogens is 358 g/mol. The van der Waals surface area contributed by atoms with Gasteiger partial charge in [0.1, 0.15) is 0 Å². The second-order valence-corrected chi connectivity index (χ2v) is 5.96. The van der Waals surface area contributed by atoms with Gasteiger partial charge in [-0.3, -0.25) is 14.4 Å². The molecule has 7 heteroatoms.